The molecular formula is C21H35IN4O2S. The highest BCUT2D eigenvalue weighted by Crippen LogP contribution is 2.32. The fourth-order valence-corrected chi connectivity index (χ4v) is 5.18. The van der Waals surface area contributed by atoms with Crippen molar-refractivity contribution < 1.29 is 8.42 Å². The third kappa shape index (κ3) is 7.10. The minimum atomic E-state index is -3.23. The zero-order chi connectivity index (χ0) is 20.0. The van der Waals surface area contributed by atoms with Crippen molar-refractivity contribution in [2.24, 2.45) is 16.8 Å². The first kappa shape index (κ1) is 24.4. The standard InChI is InChI=1S/C21H34N4O2S.HI/c1-17-16-25(13-11-20(17)19-9-4-3-5-10-19)21(22-2)23-12-14-28(26,27)24-15-18-7-6-8-18;/h3-5,9-10,17-18,20,24H,6-8,11-16H2,1-2H3,(H,22,23);1H. The summed E-state index contributed by atoms with van der Waals surface area (Å²) >= 11 is 0. The number of hydrogen-bond donors (Lipinski definition) is 2. The van der Waals surface area contributed by atoms with Crippen molar-refractivity contribution in [3.8, 4) is 0 Å². The van der Waals surface area contributed by atoms with Crippen molar-refractivity contribution in [3.63, 3.8) is 0 Å². The highest BCUT2D eigenvalue weighted by Gasteiger charge is 2.28. The van der Waals surface area contributed by atoms with E-state index in [2.05, 4.69) is 57.2 Å². The Labute approximate surface area is 193 Å². The molecule has 1 aromatic rings. The van der Waals surface area contributed by atoms with Crippen molar-refractivity contribution in [3.05, 3.63) is 35.9 Å². The molecule has 2 N–H and O–H groups in total. The van der Waals surface area contributed by atoms with Crippen LogP contribution < -0.4 is 10.0 Å². The lowest BCUT2D eigenvalue weighted by Crippen LogP contribution is -2.49. The number of nitrogens with one attached hydrogen (secondary N) is 2. The molecule has 2 unspecified atom stereocenters. The molecule has 1 aromatic carbocycles. The third-order valence-electron chi connectivity index (χ3n) is 6.11. The number of nitrogens with zero attached hydrogens (tertiary/aromatic N) is 2. The molecule has 164 valence electrons. The summed E-state index contributed by atoms with van der Waals surface area (Å²) in [6, 6.07) is 10.7. The number of likely N-dealkylation sites (tertiary alicyclic amines) is 1. The van der Waals surface area contributed by atoms with Gasteiger partial charge in [0.15, 0.2) is 5.96 Å². The zero-order valence-corrected chi connectivity index (χ0v) is 20.7. The second-order valence-electron chi connectivity index (χ2n) is 8.17. The minimum absolute atomic E-state index is 0. The molecule has 3 rings (SSSR count). The maximum Gasteiger partial charge on any atom is 0.213 e. The van der Waals surface area contributed by atoms with E-state index < -0.39 is 10.0 Å². The average Bonchev–Trinajstić information content (AvgIpc) is 2.64. The van der Waals surface area contributed by atoms with Crippen LogP contribution in [0.15, 0.2) is 35.3 Å². The summed E-state index contributed by atoms with van der Waals surface area (Å²) in [6.45, 7) is 5.09. The Kier molecular flexibility index (Phi) is 9.68. The van der Waals surface area contributed by atoms with Gasteiger partial charge in [0.2, 0.25) is 10.0 Å². The Balaban J connectivity index is 0.00000300. The lowest BCUT2D eigenvalue weighted by Gasteiger charge is -2.39. The lowest BCUT2D eigenvalue weighted by atomic mass is 9.82. The van der Waals surface area contributed by atoms with E-state index in [9.17, 15) is 8.42 Å². The van der Waals surface area contributed by atoms with Gasteiger partial charge in [0, 0.05) is 33.2 Å². The average molecular weight is 535 g/mol. The van der Waals surface area contributed by atoms with Crippen LogP contribution in [0.2, 0.25) is 0 Å². The van der Waals surface area contributed by atoms with Gasteiger partial charge in [-0.2, -0.15) is 0 Å². The normalized spacial score (nSPS) is 23.2. The summed E-state index contributed by atoms with van der Waals surface area (Å²) in [4.78, 5) is 6.62. The molecule has 29 heavy (non-hydrogen) atoms. The van der Waals surface area contributed by atoms with Crippen molar-refractivity contribution in [1.29, 1.82) is 0 Å². The first-order valence-electron chi connectivity index (χ1n) is 10.5. The number of benzene rings is 1. The monoisotopic (exact) mass is 534 g/mol. The van der Waals surface area contributed by atoms with Gasteiger partial charge in [-0.05, 0) is 42.6 Å². The largest absolute Gasteiger partial charge is 0.355 e. The summed E-state index contributed by atoms with van der Waals surface area (Å²) in [5.74, 6) is 2.49. The number of halogens is 1. The van der Waals surface area contributed by atoms with E-state index in [1.165, 1.54) is 12.0 Å². The predicted octanol–water partition coefficient (Wildman–Crippen LogP) is 3.02. The number of hydrogen-bond acceptors (Lipinski definition) is 3. The van der Waals surface area contributed by atoms with Gasteiger partial charge >= 0.3 is 0 Å². The van der Waals surface area contributed by atoms with E-state index in [0.29, 0.717) is 30.8 Å². The molecule has 0 radical (unpaired) electrons. The van der Waals surface area contributed by atoms with Crippen LogP contribution in [0.25, 0.3) is 0 Å². The van der Waals surface area contributed by atoms with Crippen molar-refractivity contribution in [2.45, 2.75) is 38.5 Å². The van der Waals surface area contributed by atoms with Gasteiger partial charge in [-0.3, -0.25) is 4.99 Å². The number of aliphatic imine (C=N–C) groups is 1. The molecule has 6 nitrogen and oxygen atoms in total. The van der Waals surface area contributed by atoms with Crippen molar-refractivity contribution in [2.75, 3.05) is 39.0 Å². The molecule has 1 aliphatic heterocycles. The first-order valence-corrected chi connectivity index (χ1v) is 12.1. The van der Waals surface area contributed by atoms with Gasteiger partial charge in [-0.1, -0.05) is 43.7 Å². The number of piperidine rings is 1. The Bertz CT molecular complexity index is 753. The van der Waals surface area contributed by atoms with Crippen LogP contribution in [-0.4, -0.2) is 58.3 Å². The van der Waals surface area contributed by atoms with Gasteiger partial charge in [0.05, 0.1) is 5.75 Å². The molecule has 2 aliphatic rings. The van der Waals surface area contributed by atoms with Crippen LogP contribution in [-0.2, 0) is 10.0 Å². The van der Waals surface area contributed by atoms with Gasteiger partial charge in [0.25, 0.3) is 0 Å². The molecule has 2 atom stereocenters. The molecule has 0 amide bonds. The molecule has 1 saturated carbocycles. The minimum Gasteiger partial charge on any atom is -0.355 e. The predicted molar refractivity (Wildman–Crippen MR) is 130 cm³/mol. The van der Waals surface area contributed by atoms with E-state index >= 15 is 0 Å². The fourth-order valence-electron chi connectivity index (χ4n) is 4.18. The van der Waals surface area contributed by atoms with Gasteiger partial charge in [-0.15, -0.1) is 24.0 Å². The van der Waals surface area contributed by atoms with Gasteiger partial charge in [0.1, 0.15) is 0 Å². The van der Waals surface area contributed by atoms with Gasteiger partial charge in [-0.25, -0.2) is 13.1 Å². The molecule has 1 heterocycles. The molecule has 0 aromatic heterocycles. The summed E-state index contributed by atoms with van der Waals surface area (Å²) in [5, 5.41) is 3.24. The highest BCUT2D eigenvalue weighted by molar-refractivity contribution is 14.0. The van der Waals surface area contributed by atoms with Crippen LogP contribution in [0.4, 0.5) is 0 Å². The SMILES string of the molecule is CN=C(NCCS(=O)(=O)NCC1CCC1)N1CCC(c2ccccc2)C(C)C1.I. The van der Waals surface area contributed by atoms with Crippen molar-refractivity contribution >= 4 is 40.0 Å². The molecule has 0 spiro atoms. The van der Waals surface area contributed by atoms with E-state index in [1.807, 2.05) is 0 Å². The zero-order valence-electron chi connectivity index (χ0n) is 17.5. The summed E-state index contributed by atoms with van der Waals surface area (Å²) in [5.41, 5.74) is 1.40. The van der Waals surface area contributed by atoms with Crippen LogP contribution in [0.1, 0.15) is 44.1 Å². The van der Waals surface area contributed by atoms with E-state index in [0.717, 1.165) is 38.3 Å². The lowest BCUT2D eigenvalue weighted by molar-refractivity contribution is 0.235. The molecule has 2 fully saturated rings. The highest BCUT2D eigenvalue weighted by atomic mass is 127. The number of sulfonamides is 1. The third-order valence-corrected chi connectivity index (χ3v) is 7.46. The van der Waals surface area contributed by atoms with Gasteiger partial charge < -0.3 is 10.2 Å². The van der Waals surface area contributed by atoms with Crippen LogP contribution >= 0.6 is 24.0 Å². The maximum atomic E-state index is 12.2. The molecular weight excluding hydrogens is 499 g/mol. The van der Waals surface area contributed by atoms with Crippen LogP contribution in [0.5, 0.6) is 0 Å². The quantitative estimate of drug-likeness (QED) is 0.321. The number of guanidine groups is 1. The van der Waals surface area contributed by atoms with Crippen molar-refractivity contribution in [1.82, 2.24) is 14.9 Å². The summed E-state index contributed by atoms with van der Waals surface area (Å²) in [6.07, 6.45) is 4.59. The maximum absolute atomic E-state index is 12.2. The second kappa shape index (κ2) is 11.5. The molecule has 1 saturated heterocycles. The Hall–Kier alpha value is -0.870. The molecule has 8 heteroatoms. The summed E-state index contributed by atoms with van der Waals surface area (Å²) < 4.78 is 27.1. The molecule has 0 bridgehead atoms. The van der Waals surface area contributed by atoms with E-state index in [4.69, 9.17) is 0 Å². The molecule has 1 aliphatic carbocycles. The van der Waals surface area contributed by atoms with Crippen LogP contribution in [0, 0.1) is 11.8 Å². The summed E-state index contributed by atoms with van der Waals surface area (Å²) in [7, 11) is -1.47. The topological polar surface area (TPSA) is 73.8 Å². The Morgan fingerprint density at radius 1 is 1.21 bits per heavy atom. The van der Waals surface area contributed by atoms with Crippen LogP contribution in [0.3, 0.4) is 0 Å². The Morgan fingerprint density at radius 2 is 1.93 bits per heavy atom. The fraction of sp³-hybridized carbons (Fsp3) is 0.667. The first-order chi connectivity index (χ1) is 13.5. The van der Waals surface area contributed by atoms with E-state index in [1.54, 1.807) is 7.05 Å². The number of rotatable bonds is 7. The van der Waals surface area contributed by atoms with E-state index in [-0.39, 0.29) is 29.7 Å². The Morgan fingerprint density at radius 3 is 2.52 bits per heavy atom. The smallest absolute Gasteiger partial charge is 0.213 e. The second-order valence-corrected chi connectivity index (χ2v) is 10.1.